The summed E-state index contributed by atoms with van der Waals surface area (Å²) in [6.07, 6.45) is 7.17. The second-order valence-electron chi connectivity index (χ2n) is 5.53. The van der Waals surface area contributed by atoms with Gasteiger partial charge in [-0.05, 0) is 19.3 Å². The Morgan fingerprint density at radius 3 is 2.84 bits per heavy atom. The molecule has 1 heterocycles. The van der Waals surface area contributed by atoms with E-state index in [0.717, 1.165) is 44.2 Å². The maximum absolute atomic E-state index is 12.4. The van der Waals surface area contributed by atoms with Crippen molar-refractivity contribution in [1.29, 1.82) is 0 Å². The Morgan fingerprint density at radius 1 is 1.47 bits per heavy atom. The van der Waals surface area contributed by atoms with Crippen molar-refractivity contribution >= 4 is 11.7 Å². The van der Waals surface area contributed by atoms with Crippen LogP contribution in [0.1, 0.15) is 51.1 Å². The van der Waals surface area contributed by atoms with Crippen molar-refractivity contribution in [2.45, 2.75) is 51.9 Å². The van der Waals surface area contributed by atoms with Gasteiger partial charge in [0.1, 0.15) is 0 Å². The Morgan fingerprint density at radius 2 is 2.21 bits per heavy atom. The number of hydrogen-bond donors (Lipinski definition) is 3. The molecule has 0 atom stereocenters. The van der Waals surface area contributed by atoms with E-state index in [1.165, 1.54) is 6.42 Å². The summed E-state index contributed by atoms with van der Waals surface area (Å²) in [5.74, 6) is 0.649. The number of nitrogens with two attached hydrogens (primary N) is 1. The molecule has 0 radical (unpaired) electrons. The number of nitrogens with one attached hydrogen (secondary N) is 2. The summed E-state index contributed by atoms with van der Waals surface area (Å²) in [5, 5.41) is 10.0. The van der Waals surface area contributed by atoms with E-state index in [2.05, 4.69) is 22.4 Å². The van der Waals surface area contributed by atoms with Crippen LogP contribution in [0.3, 0.4) is 0 Å². The Bertz CT molecular complexity index is 421. The smallest absolute Gasteiger partial charge is 0.233 e. The summed E-state index contributed by atoms with van der Waals surface area (Å²) >= 11 is 0. The van der Waals surface area contributed by atoms with E-state index in [0.29, 0.717) is 12.4 Å². The summed E-state index contributed by atoms with van der Waals surface area (Å²) in [6, 6.07) is 1.91. The SMILES string of the molecule is CCCc1cc(NC(=O)C2(CN)CCCCC2)n[nH]1. The number of hydrogen-bond acceptors (Lipinski definition) is 3. The highest BCUT2D eigenvalue weighted by molar-refractivity contribution is 5.94. The molecule has 0 unspecified atom stereocenters. The monoisotopic (exact) mass is 264 g/mol. The predicted molar refractivity (Wildman–Crippen MR) is 75.8 cm³/mol. The third kappa shape index (κ3) is 3.15. The molecule has 4 N–H and O–H groups in total. The Hall–Kier alpha value is -1.36. The minimum atomic E-state index is -0.387. The second kappa shape index (κ2) is 6.19. The molecule has 0 aromatic carbocycles. The van der Waals surface area contributed by atoms with Crippen LogP contribution < -0.4 is 11.1 Å². The molecule has 0 bridgehead atoms. The summed E-state index contributed by atoms with van der Waals surface area (Å²) in [4.78, 5) is 12.4. The van der Waals surface area contributed by atoms with Gasteiger partial charge in [-0.15, -0.1) is 0 Å². The largest absolute Gasteiger partial charge is 0.329 e. The van der Waals surface area contributed by atoms with Crippen LogP contribution >= 0.6 is 0 Å². The molecule has 1 aliphatic carbocycles. The summed E-state index contributed by atoms with van der Waals surface area (Å²) in [5.41, 5.74) is 6.53. The van der Waals surface area contributed by atoms with Gasteiger partial charge >= 0.3 is 0 Å². The molecule has 0 saturated heterocycles. The zero-order valence-electron chi connectivity index (χ0n) is 11.7. The average Bonchev–Trinajstić information content (AvgIpc) is 2.87. The summed E-state index contributed by atoms with van der Waals surface area (Å²) in [7, 11) is 0. The first-order chi connectivity index (χ1) is 9.20. The molecule has 5 nitrogen and oxygen atoms in total. The van der Waals surface area contributed by atoms with Gasteiger partial charge in [-0.3, -0.25) is 9.89 Å². The molecule has 0 spiro atoms. The number of carbonyl (C=O) groups excluding carboxylic acids is 1. The fraction of sp³-hybridized carbons (Fsp3) is 0.714. The molecule has 1 aromatic heterocycles. The van der Waals surface area contributed by atoms with Gasteiger partial charge in [0.2, 0.25) is 5.91 Å². The van der Waals surface area contributed by atoms with Gasteiger partial charge in [0.25, 0.3) is 0 Å². The van der Waals surface area contributed by atoms with Crippen molar-refractivity contribution in [3.8, 4) is 0 Å². The van der Waals surface area contributed by atoms with E-state index in [9.17, 15) is 4.79 Å². The van der Waals surface area contributed by atoms with Crippen LogP contribution in [0.25, 0.3) is 0 Å². The van der Waals surface area contributed by atoms with Crippen molar-refractivity contribution in [2.75, 3.05) is 11.9 Å². The van der Waals surface area contributed by atoms with Crippen LogP contribution in [0.5, 0.6) is 0 Å². The van der Waals surface area contributed by atoms with E-state index in [-0.39, 0.29) is 11.3 Å². The normalized spacial score (nSPS) is 18.2. The van der Waals surface area contributed by atoms with Gasteiger partial charge in [0.15, 0.2) is 5.82 Å². The van der Waals surface area contributed by atoms with Gasteiger partial charge in [0.05, 0.1) is 5.41 Å². The van der Waals surface area contributed by atoms with E-state index in [1.54, 1.807) is 0 Å². The second-order valence-corrected chi connectivity index (χ2v) is 5.53. The number of rotatable bonds is 5. The minimum Gasteiger partial charge on any atom is -0.329 e. The van der Waals surface area contributed by atoms with Gasteiger partial charge < -0.3 is 11.1 Å². The molecule has 2 rings (SSSR count). The first-order valence-electron chi connectivity index (χ1n) is 7.26. The topological polar surface area (TPSA) is 83.8 Å². The maximum atomic E-state index is 12.4. The maximum Gasteiger partial charge on any atom is 0.233 e. The number of aromatic amines is 1. The highest BCUT2D eigenvalue weighted by Crippen LogP contribution is 2.36. The van der Waals surface area contributed by atoms with E-state index < -0.39 is 0 Å². The van der Waals surface area contributed by atoms with Crippen LogP contribution in [-0.2, 0) is 11.2 Å². The van der Waals surface area contributed by atoms with Crippen LogP contribution in [0.2, 0.25) is 0 Å². The lowest BCUT2D eigenvalue weighted by atomic mass is 9.73. The van der Waals surface area contributed by atoms with Gasteiger partial charge in [-0.25, -0.2) is 0 Å². The lowest BCUT2D eigenvalue weighted by Crippen LogP contribution is -2.43. The standard InChI is InChI=1S/C14H24N4O/c1-2-6-11-9-12(18-17-11)16-13(19)14(10-15)7-4-3-5-8-14/h9H,2-8,10,15H2,1H3,(H2,16,17,18,19). The third-order valence-corrected chi connectivity index (χ3v) is 4.07. The number of aromatic nitrogens is 2. The summed E-state index contributed by atoms with van der Waals surface area (Å²) in [6.45, 7) is 2.54. The molecule has 1 amide bonds. The fourth-order valence-corrected chi connectivity index (χ4v) is 2.82. The Labute approximate surface area is 114 Å². The van der Waals surface area contributed by atoms with Crippen LogP contribution in [0, 0.1) is 5.41 Å². The lowest BCUT2D eigenvalue weighted by Gasteiger charge is -2.34. The highest BCUT2D eigenvalue weighted by Gasteiger charge is 2.38. The number of nitrogens with zero attached hydrogens (tertiary/aromatic N) is 1. The fourth-order valence-electron chi connectivity index (χ4n) is 2.82. The number of aryl methyl sites for hydroxylation is 1. The van der Waals surface area contributed by atoms with Crippen LogP contribution in [0.4, 0.5) is 5.82 Å². The zero-order chi connectivity index (χ0) is 13.7. The molecule has 5 heteroatoms. The summed E-state index contributed by atoms with van der Waals surface area (Å²) < 4.78 is 0. The molecular weight excluding hydrogens is 240 g/mol. The highest BCUT2D eigenvalue weighted by atomic mass is 16.2. The van der Waals surface area contributed by atoms with Crippen molar-refractivity contribution in [3.05, 3.63) is 11.8 Å². The first kappa shape index (κ1) is 14.1. The van der Waals surface area contributed by atoms with Gasteiger partial charge in [0, 0.05) is 18.3 Å². The molecule has 1 saturated carbocycles. The number of carbonyl (C=O) groups is 1. The van der Waals surface area contributed by atoms with Gasteiger partial charge in [-0.1, -0.05) is 32.6 Å². The Kier molecular flexibility index (Phi) is 4.58. The van der Waals surface area contributed by atoms with E-state index >= 15 is 0 Å². The molecule has 0 aliphatic heterocycles. The van der Waals surface area contributed by atoms with Crippen molar-refractivity contribution in [3.63, 3.8) is 0 Å². The molecule has 106 valence electrons. The molecule has 1 aromatic rings. The zero-order valence-corrected chi connectivity index (χ0v) is 11.7. The predicted octanol–water partition coefficient (Wildman–Crippen LogP) is 2.21. The quantitative estimate of drug-likeness (QED) is 0.762. The van der Waals surface area contributed by atoms with Gasteiger partial charge in [-0.2, -0.15) is 5.10 Å². The molecular formula is C14H24N4O. The van der Waals surface area contributed by atoms with E-state index in [4.69, 9.17) is 5.73 Å². The minimum absolute atomic E-state index is 0.0317. The van der Waals surface area contributed by atoms with E-state index in [1.807, 2.05) is 6.07 Å². The molecule has 1 fully saturated rings. The van der Waals surface area contributed by atoms with Crippen LogP contribution in [0.15, 0.2) is 6.07 Å². The van der Waals surface area contributed by atoms with Crippen LogP contribution in [-0.4, -0.2) is 22.6 Å². The number of amides is 1. The Balaban J connectivity index is 2.01. The number of anilines is 1. The number of H-pyrrole nitrogens is 1. The third-order valence-electron chi connectivity index (χ3n) is 4.07. The lowest BCUT2D eigenvalue weighted by molar-refractivity contribution is -0.126. The van der Waals surface area contributed by atoms with Crippen molar-refractivity contribution in [1.82, 2.24) is 10.2 Å². The average molecular weight is 264 g/mol. The van der Waals surface area contributed by atoms with Crippen molar-refractivity contribution < 1.29 is 4.79 Å². The molecule has 1 aliphatic rings. The molecule has 19 heavy (non-hydrogen) atoms. The van der Waals surface area contributed by atoms with Crippen molar-refractivity contribution in [2.24, 2.45) is 11.1 Å². The first-order valence-corrected chi connectivity index (χ1v) is 7.26.